The van der Waals surface area contributed by atoms with Crippen LogP contribution in [0.5, 0.6) is 0 Å². The average molecular weight is 507 g/mol. The first-order chi connectivity index (χ1) is 18.6. The van der Waals surface area contributed by atoms with Gasteiger partial charge in [0.2, 0.25) is 5.82 Å². The molecule has 0 fully saturated rings. The zero-order chi connectivity index (χ0) is 26.5. The highest BCUT2D eigenvalue weighted by Gasteiger charge is 2.16. The first-order valence-corrected chi connectivity index (χ1v) is 12.7. The van der Waals surface area contributed by atoms with Gasteiger partial charge in [0.15, 0.2) is 0 Å². The number of tetrazole rings is 1. The molecule has 1 N–H and O–H groups in total. The van der Waals surface area contributed by atoms with Gasteiger partial charge in [0.25, 0.3) is 5.56 Å². The van der Waals surface area contributed by atoms with E-state index < -0.39 is 0 Å². The largest absolute Gasteiger partial charge is 0.380 e. The van der Waals surface area contributed by atoms with Gasteiger partial charge in [-0.2, -0.15) is 5.21 Å². The minimum Gasteiger partial charge on any atom is -0.380 e. The SMILES string of the molecule is CCc1nc(C)n(Cc2ccc(-c3ccccc3-c3nn[nH]n3)cc2)c(=O)c1Cc1cccc(COC)c1. The molecule has 2 aromatic heterocycles. The number of nitrogens with zero attached hydrogens (tertiary/aromatic N) is 5. The number of aromatic nitrogens is 6. The van der Waals surface area contributed by atoms with Gasteiger partial charge >= 0.3 is 0 Å². The summed E-state index contributed by atoms with van der Waals surface area (Å²) in [4.78, 5) is 18.6. The van der Waals surface area contributed by atoms with Crippen molar-refractivity contribution in [2.24, 2.45) is 0 Å². The van der Waals surface area contributed by atoms with Crippen molar-refractivity contribution in [3.05, 3.63) is 117 Å². The Morgan fingerprint density at radius 1 is 0.921 bits per heavy atom. The third kappa shape index (κ3) is 5.31. The first kappa shape index (κ1) is 25.2. The number of ether oxygens (including phenoxy) is 1. The number of aryl methyl sites for hydroxylation is 2. The smallest absolute Gasteiger partial charge is 0.257 e. The molecule has 3 aromatic carbocycles. The molecule has 5 rings (SSSR count). The van der Waals surface area contributed by atoms with Crippen LogP contribution in [0.2, 0.25) is 0 Å². The minimum atomic E-state index is 0.0121. The second-order valence-electron chi connectivity index (χ2n) is 9.24. The van der Waals surface area contributed by atoms with E-state index >= 15 is 0 Å². The van der Waals surface area contributed by atoms with Crippen LogP contribution >= 0.6 is 0 Å². The fourth-order valence-corrected chi connectivity index (χ4v) is 4.79. The molecule has 0 bridgehead atoms. The van der Waals surface area contributed by atoms with Crippen LogP contribution in [0, 0.1) is 6.92 Å². The molecule has 0 saturated carbocycles. The van der Waals surface area contributed by atoms with Crippen molar-refractivity contribution in [1.82, 2.24) is 30.2 Å². The number of hydrogen-bond acceptors (Lipinski definition) is 6. The maximum absolute atomic E-state index is 13.7. The Morgan fingerprint density at radius 3 is 2.39 bits per heavy atom. The van der Waals surface area contributed by atoms with Gasteiger partial charge in [-0.3, -0.25) is 9.36 Å². The van der Waals surface area contributed by atoms with Crippen molar-refractivity contribution in [1.29, 1.82) is 0 Å². The lowest BCUT2D eigenvalue weighted by molar-refractivity contribution is 0.185. The molecule has 8 heteroatoms. The molecule has 0 spiro atoms. The maximum Gasteiger partial charge on any atom is 0.257 e. The molecule has 0 aliphatic carbocycles. The molecular formula is C30H30N6O2. The van der Waals surface area contributed by atoms with Gasteiger partial charge in [-0.1, -0.05) is 79.7 Å². The van der Waals surface area contributed by atoms with E-state index in [-0.39, 0.29) is 5.56 Å². The Hall–Kier alpha value is -4.43. The third-order valence-electron chi connectivity index (χ3n) is 6.68. The number of hydrogen-bond donors (Lipinski definition) is 1. The average Bonchev–Trinajstić information content (AvgIpc) is 3.48. The Balaban J connectivity index is 1.44. The molecule has 192 valence electrons. The zero-order valence-electron chi connectivity index (χ0n) is 21.8. The molecule has 0 unspecified atom stereocenters. The highest BCUT2D eigenvalue weighted by atomic mass is 16.5. The van der Waals surface area contributed by atoms with E-state index in [4.69, 9.17) is 9.72 Å². The first-order valence-electron chi connectivity index (χ1n) is 12.7. The molecule has 0 atom stereocenters. The number of benzene rings is 3. The van der Waals surface area contributed by atoms with Gasteiger partial charge in [0.1, 0.15) is 5.82 Å². The third-order valence-corrected chi connectivity index (χ3v) is 6.68. The van der Waals surface area contributed by atoms with Crippen molar-refractivity contribution >= 4 is 0 Å². The number of nitrogens with one attached hydrogen (secondary N) is 1. The van der Waals surface area contributed by atoms with Crippen molar-refractivity contribution < 1.29 is 4.74 Å². The van der Waals surface area contributed by atoms with Crippen LogP contribution in [0.1, 0.15) is 40.7 Å². The molecular weight excluding hydrogens is 476 g/mol. The Labute approximate surface area is 221 Å². The molecule has 2 heterocycles. The second-order valence-corrected chi connectivity index (χ2v) is 9.24. The van der Waals surface area contributed by atoms with Gasteiger partial charge in [-0.15, -0.1) is 10.2 Å². The summed E-state index contributed by atoms with van der Waals surface area (Å²) in [5.74, 6) is 1.27. The van der Waals surface area contributed by atoms with Crippen LogP contribution in [0.25, 0.3) is 22.5 Å². The number of rotatable bonds is 9. The van der Waals surface area contributed by atoms with Gasteiger partial charge in [0, 0.05) is 24.7 Å². The Bertz CT molecular complexity index is 1590. The van der Waals surface area contributed by atoms with Crippen LogP contribution in [-0.2, 0) is 30.7 Å². The lowest BCUT2D eigenvalue weighted by Gasteiger charge is -2.16. The predicted octanol–water partition coefficient (Wildman–Crippen LogP) is 4.75. The van der Waals surface area contributed by atoms with Gasteiger partial charge in [0.05, 0.1) is 18.8 Å². The molecule has 5 aromatic rings. The van der Waals surface area contributed by atoms with Crippen molar-refractivity contribution in [2.45, 2.75) is 39.8 Å². The molecule has 0 saturated heterocycles. The van der Waals surface area contributed by atoms with Gasteiger partial charge in [-0.25, -0.2) is 4.98 Å². The van der Waals surface area contributed by atoms with Crippen molar-refractivity contribution in [3.8, 4) is 22.5 Å². The summed E-state index contributed by atoms with van der Waals surface area (Å²) < 4.78 is 7.05. The number of H-pyrrole nitrogens is 1. The monoisotopic (exact) mass is 506 g/mol. The van der Waals surface area contributed by atoms with Crippen LogP contribution in [-0.4, -0.2) is 37.3 Å². The number of methoxy groups -OCH3 is 1. The Morgan fingerprint density at radius 2 is 1.68 bits per heavy atom. The summed E-state index contributed by atoms with van der Waals surface area (Å²) >= 11 is 0. The fourth-order valence-electron chi connectivity index (χ4n) is 4.79. The van der Waals surface area contributed by atoms with Crippen LogP contribution in [0.15, 0.2) is 77.6 Å². The van der Waals surface area contributed by atoms with Gasteiger partial charge < -0.3 is 4.74 Å². The summed E-state index contributed by atoms with van der Waals surface area (Å²) in [6, 6.07) is 24.4. The second kappa shape index (κ2) is 11.3. The summed E-state index contributed by atoms with van der Waals surface area (Å²) in [5, 5.41) is 14.5. The van der Waals surface area contributed by atoms with E-state index in [2.05, 4.69) is 51.0 Å². The summed E-state index contributed by atoms with van der Waals surface area (Å²) in [6.07, 6.45) is 1.25. The van der Waals surface area contributed by atoms with E-state index in [9.17, 15) is 4.79 Å². The molecule has 8 nitrogen and oxygen atoms in total. The van der Waals surface area contributed by atoms with Crippen molar-refractivity contribution in [2.75, 3.05) is 7.11 Å². The highest BCUT2D eigenvalue weighted by molar-refractivity contribution is 5.80. The van der Waals surface area contributed by atoms with E-state index in [0.29, 0.717) is 31.8 Å². The Kier molecular flexibility index (Phi) is 7.51. The lowest BCUT2D eigenvalue weighted by atomic mass is 9.98. The quantitative estimate of drug-likeness (QED) is 0.310. The summed E-state index contributed by atoms with van der Waals surface area (Å²) in [6.45, 7) is 4.94. The van der Waals surface area contributed by atoms with E-state index in [1.54, 1.807) is 11.7 Å². The fraction of sp³-hybridized carbons (Fsp3) is 0.233. The highest BCUT2D eigenvalue weighted by Crippen LogP contribution is 2.29. The molecule has 0 aliphatic rings. The maximum atomic E-state index is 13.7. The van der Waals surface area contributed by atoms with Crippen LogP contribution < -0.4 is 5.56 Å². The van der Waals surface area contributed by atoms with Crippen LogP contribution in [0.3, 0.4) is 0 Å². The molecule has 0 aliphatic heterocycles. The van der Waals surface area contributed by atoms with Gasteiger partial charge in [-0.05, 0) is 46.4 Å². The van der Waals surface area contributed by atoms with E-state index in [0.717, 1.165) is 50.5 Å². The molecule has 0 radical (unpaired) electrons. The zero-order valence-corrected chi connectivity index (χ0v) is 21.8. The normalized spacial score (nSPS) is 11.1. The summed E-state index contributed by atoms with van der Waals surface area (Å²) in [7, 11) is 1.68. The van der Waals surface area contributed by atoms with Crippen LogP contribution in [0.4, 0.5) is 0 Å². The standard InChI is InChI=1S/C30H30N6O2/c1-4-28-27(17-22-8-7-9-23(16-22)19-38-3)30(37)36(20(2)31-28)18-21-12-14-24(15-13-21)25-10-5-6-11-26(25)29-32-34-35-33-29/h5-16H,4,17-19H2,1-3H3,(H,32,33,34,35). The molecule has 38 heavy (non-hydrogen) atoms. The minimum absolute atomic E-state index is 0.0121. The lowest BCUT2D eigenvalue weighted by Crippen LogP contribution is -2.29. The predicted molar refractivity (Wildman–Crippen MR) is 147 cm³/mol. The van der Waals surface area contributed by atoms with E-state index in [1.807, 2.05) is 56.3 Å². The topological polar surface area (TPSA) is 98.6 Å². The summed E-state index contributed by atoms with van der Waals surface area (Å²) in [5.41, 5.74) is 7.76. The van der Waals surface area contributed by atoms with Crippen molar-refractivity contribution in [3.63, 3.8) is 0 Å². The van der Waals surface area contributed by atoms with E-state index in [1.165, 1.54) is 0 Å². The number of aromatic amines is 1. The molecule has 0 amide bonds.